The predicted octanol–water partition coefficient (Wildman–Crippen LogP) is 2.91. The summed E-state index contributed by atoms with van der Waals surface area (Å²) in [7, 11) is 0. The maximum Gasteiger partial charge on any atom is 0.159 e. The summed E-state index contributed by atoms with van der Waals surface area (Å²) in [5.41, 5.74) is 1.97. The predicted molar refractivity (Wildman–Crippen MR) is 69.9 cm³/mol. The molecule has 0 radical (unpaired) electrons. The van der Waals surface area contributed by atoms with Gasteiger partial charge in [-0.15, -0.1) is 0 Å². The summed E-state index contributed by atoms with van der Waals surface area (Å²) in [5, 5.41) is 3.96. The lowest BCUT2D eigenvalue weighted by Gasteiger charge is -2.04. The lowest BCUT2D eigenvalue weighted by molar-refractivity contribution is 0.709. The number of nitrogens with zero attached hydrogens (tertiary/aromatic N) is 2. The maximum atomic E-state index is 5.85. The van der Waals surface area contributed by atoms with E-state index in [0.29, 0.717) is 0 Å². The third kappa shape index (κ3) is 3.25. The number of benzene rings is 1. The monoisotopic (exact) mass is 247 g/mol. The molecule has 0 aliphatic carbocycles. The van der Waals surface area contributed by atoms with Crippen LogP contribution >= 0.6 is 11.6 Å². The first-order valence-corrected chi connectivity index (χ1v) is 5.96. The molecule has 1 N–H and O–H groups in total. The van der Waals surface area contributed by atoms with Gasteiger partial charge in [0.05, 0.1) is 5.69 Å². The van der Waals surface area contributed by atoms with Gasteiger partial charge < -0.3 is 5.32 Å². The second kappa shape index (κ2) is 5.75. The molecule has 0 spiro atoms. The van der Waals surface area contributed by atoms with E-state index < -0.39 is 0 Å². The molecule has 0 fully saturated rings. The summed E-state index contributed by atoms with van der Waals surface area (Å²) in [6.45, 7) is 3.77. The van der Waals surface area contributed by atoms with Crippen LogP contribution in [0.4, 0.5) is 0 Å². The van der Waals surface area contributed by atoms with E-state index in [2.05, 4.69) is 22.2 Å². The highest BCUT2D eigenvalue weighted by Gasteiger charge is 2.02. The normalized spacial score (nSPS) is 10.5. The summed E-state index contributed by atoms with van der Waals surface area (Å²) in [5.74, 6) is 0.733. The van der Waals surface area contributed by atoms with Crippen LogP contribution in [0.25, 0.3) is 11.4 Å². The first-order chi connectivity index (χ1) is 8.29. The van der Waals surface area contributed by atoms with Crippen molar-refractivity contribution in [3.63, 3.8) is 0 Å². The molecule has 0 amide bonds. The lowest BCUT2D eigenvalue weighted by Crippen LogP contribution is -2.13. The molecule has 4 heteroatoms. The molecular weight excluding hydrogens is 234 g/mol. The minimum atomic E-state index is 0.720. The van der Waals surface area contributed by atoms with E-state index >= 15 is 0 Å². The molecule has 17 heavy (non-hydrogen) atoms. The Morgan fingerprint density at radius 3 is 2.65 bits per heavy atom. The Kier molecular flexibility index (Phi) is 4.07. The van der Waals surface area contributed by atoms with Crippen LogP contribution in [-0.2, 0) is 6.54 Å². The van der Waals surface area contributed by atoms with Crippen LogP contribution in [0.5, 0.6) is 0 Å². The Bertz CT molecular complexity index is 482. The standard InChI is InChI=1S/C13H14ClN3/c1-2-15-9-12-7-8-16-13(17-12)10-3-5-11(14)6-4-10/h3-8,15H,2,9H2,1H3. The van der Waals surface area contributed by atoms with E-state index in [0.717, 1.165) is 35.2 Å². The van der Waals surface area contributed by atoms with E-state index in [1.54, 1.807) is 6.20 Å². The van der Waals surface area contributed by atoms with Crippen molar-refractivity contribution in [1.82, 2.24) is 15.3 Å². The van der Waals surface area contributed by atoms with E-state index in [1.807, 2.05) is 30.3 Å². The molecule has 0 bridgehead atoms. The molecule has 3 nitrogen and oxygen atoms in total. The van der Waals surface area contributed by atoms with Gasteiger partial charge in [0.2, 0.25) is 0 Å². The molecule has 1 aromatic heterocycles. The quantitative estimate of drug-likeness (QED) is 0.903. The first kappa shape index (κ1) is 12.0. The van der Waals surface area contributed by atoms with Crippen molar-refractivity contribution in [1.29, 1.82) is 0 Å². The highest BCUT2D eigenvalue weighted by Crippen LogP contribution is 2.17. The Morgan fingerprint density at radius 2 is 1.94 bits per heavy atom. The van der Waals surface area contributed by atoms with E-state index in [1.165, 1.54) is 0 Å². The molecule has 0 atom stereocenters. The second-order valence-corrected chi connectivity index (χ2v) is 4.10. The molecule has 0 saturated heterocycles. The van der Waals surface area contributed by atoms with Gasteiger partial charge in [0.1, 0.15) is 0 Å². The number of halogens is 1. The number of hydrogen-bond donors (Lipinski definition) is 1. The highest BCUT2D eigenvalue weighted by molar-refractivity contribution is 6.30. The molecule has 2 aromatic rings. The smallest absolute Gasteiger partial charge is 0.159 e. The largest absolute Gasteiger partial charge is 0.311 e. The third-order valence-electron chi connectivity index (χ3n) is 2.37. The van der Waals surface area contributed by atoms with Crippen molar-refractivity contribution in [2.75, 3.05) is 6.54 Å². The summed E-state index contributed by atoms with van der Waals surface area (Å²) in [4.78, 5) is 8.76. The Balaban J connectivity index is 2.23. The van der Waals surface area contributed by atoms with Gasteiger partial charge in [0.25, 0.3) is 0 Å². The summed E-state index contributed by atoms with van der Waals surface area (Å²) >= 11 is 5.85. The van der Waals surface area contributed by atoms with Gasteiger partial charge in [0.15, 0.2) is 5.82 Å². The first-order valence-electron chi connectivity index (χ1n) is 5.58. The molecule has 0 aliphatic rings. The molecular formula is C13H14ClN3. The summed E-state index contributed by atoms with van der Waals surface area (Å²) in [6, 6.07) is 9.46. The Morgan fingerprint density at radius 1 is 1.18 bits per heavy atom. The average Bonchev–Trinajstić information content (AvgIpc) is 2.37. The van der Waals surface area contributed by atoms with Gasteiger partial charge >= 0.3 is 0 Å². The zero-order valence-electron chi connectivity index (χ0n) is 9.65. The van der Waals surface area contributed by atoms with Gasteiger partial charge in [-0.1, -0.05) is 18.5 Å². The molecule has 2 rings (SSSR count). The second-order valence-electron chi connectivity index (χ2n) is 3.66. The van der Waals surface area contributed by atoms with Gasteiger partial charge in [-0.3, -0.25) is 0 Å². The van der Waals surface area contributed by atoms with Crippen molar-refractivity contribution in [3.8, 4) is 11.4 Å². The fourth-order valence-corrected chi connectivity index (χ4v) is 1.61. The lowest BCUT2D eigenvalue weighted by atomic mass is 10.2. The van der Waals surface area contributed by atoms with Crippen LogP contribution in [-0.4, -0.2) is 16.5 Å². The zero-order chi connectivity index (χ0) is 12.1. The fraction of sp³-hybridized carbons (Fsp3) is 0.231. The third-order valence-corrected chi connectivity index (χ3v) is 2.62. The molecule has 0 saturated carbocycles. The molecule has 88 valence electrons. The minimum absolute atomic E-state index is 0.720. The fourth-order valence-electron chi connectivity index (χ4n) is 1.49. The van der Waals surface area contributed by atoms with Crippen LogP contribution in [0.2, 0.25) is 5.02 Å². The minimum Gasteiger partial charge on any atom is -0.311 e. The summed E-state index contributed by atoms with van der Waals surface area (Å²) < 4.78 is 0. The molecule has 1 aromatic carbocycles. The number of rotatable bonds is 4. The Hall–Kier alpha value is -1.45. The number of aromatic nitrogens is 2. The van der Waals surface area contributed by atoms with Gasteiger partial charge in [-0.05, 0) is 36.9 Å². The number of hydrogen-bond acceptors (Lipinski definition) is 3. The van der Waals surface area contributed by atoms with Crippen LogP contribution < -0.4 is 5.32 Å². The van der Waals surface area contributed by atoms with Crippen molar-refractivity contribution in [2.24, 2.45) is 0 Å². The molecule has 1 heterocycles. The van der Waals surface area contributed by atoms with E-state index in [4.69, 9.17) is 11.6 Å². The zero-order valence-corrected chi connectivity index (χ0v) is 10.4. The van der Waals surface area contributed by atoms with Crippen LogP contribution in [0.3, 0.4) is 0 Å². The van der Waals surface area contributed by atoms with Crippen molar-refractivity contribution >= 4 is 11.6 Å². The van der Waals surface area contributed by atoms with Gasteiger partial charge in [-0.2, -0.15) is 0 Å². The van der Waals surface area contributed by atoms with Crippen LogP contribution in [0.1, 0.15) is 12.6 Å². The van der Waals surface area contributed by atoms with Crippen LogP contribution in [0.15, 0.2) is 36.5 Å². The Labute approximate surface area is 106 Å². The van der Waals surface area contributed by atoms with E-state index in [-0.39, 0.29) is 0 Å². The van der Waals surface area contributed by atoms with Gasteiger partial charge in [0, 0.05) is 23.3 Å². The topological polar surface area (TPSA) is 37.8 Å². The van der Waals surface area contributed by atoms with Gasteiger partial charge in [-0.25, -0.2) is 9.97 Å². The SMILES string of the molecule is CCNCc1ccnc(-c2ccc(Cl)cc2)n1. The maximum absolute atomic E-state index is 5.85. The highest BCUT2D eigenvalue weighted by atomic mass is 35.5. The van der Waals surface area contributed by atoms with E-state index in [9.17, 15) is 0 Å². The summed E-state index contributed by atoms with van der Waals surface area (Å²) in [6.07, 6.45) is 1.78. The molecule has 0 unspecified atom stereocenters. The number of nitrogens with one attached hydrogen (secondary N) is 1. The van der Waals surface area contributed by atoms with Crippen LogP contribution in [0, 0.1) is 0 Å². The van der Waals surface area contributed by atoms with Crippen molar-refractivity contribution in [2.45, 2.75) is 13.5 Å². The van der Waals surface area contributed by atoms with Crippen molar-refractivity contribution in [3.05, 3.63) is 47.2 Å². The van der Waals surface area contributed by atoms with Crippen molar-refractivity contribution < 1.29 is 0 Å². The average molecular weight is 248 g/mol. The molecule has 0 aliphatic heterocycles.